The normalized spacial score (nSPS) is 14.4. The van der Waals surface area contributed by atoms with Crippen LogP contribution in [0.5, 0.6) is 0 Å². The van der Waals surface area contributed by atoms with Gasteiger partial charge in [0, 0.05) is 36.3 Å². The minimum Gasteiger partial charge on any atom is -0.378 e. The molecule has 4 N–H and O–H groups in total. The van der Waals surface area contributed by atoms with Crippen LogP contribution in [0.15, 0.2) is 36.6 Å². The van der Waals surface area contributed by atoms with E-state index < -0.39 is 5.91 Å². The Hall–Kier alpha value is -3.54. The Balaban J connectivity index is 1.64. The molecule has 0 radical (unpaired) electrons. The van der Waals surface area contributed by atoms with Gasteiger partial charge in [-0.1, -0.05) is 44.0 Å². The summed E-state index contributed by atoms with van der Waals surface area (Å²) in [6.45, 7) is 8.30. The van der Waals surface area contributed by atoms with Gasteiger partial charge in [-0.25, -0.2) is 19.9 Å². The number of nitrogens with one attached hydrogen (secondary N) is 4. The molecule has 0 unspecified atom stereocenters. The molecule has 4 rings (SSSR count). The van der Waals surface area contributed by atoms with Gasteiger partial charge in [0.05, 0.1) is 35.7 Å². The first-order valence-corrected chi connectivity index (χ1v) is 12.7. The number of aromatic nitrogens is 4. The van der Waals surface area contributed by atoms with Crippen LogP contribution in [0.2, 0.25) is 10.0 Å². The number of hydrogen-bond acceptors (Lipinski definition) is 10. The van der Waals surface area contributed by atoms with Crippen molar-refractivity contribution in [2.45, 2.75) is 20.8 Å². The summed E-state index contributed by atoms with van der Waals surface area (Å²) in [5, 5.41) is 17.5. The Morgan fingerprint density at radius 3 is 2.58 bits per heavy atom. The van der Waals surface area contributed by atoms with Crippen LogP contribution in [0, 0.1) is 10.8 Å². The standard InChI is InChI=1S/C25H29Cl2N9O2/c1-25(2,3)18(28)11-19(29-4)34-23(37)15-9-14(26)10-16(20(15)27)33-22-21-17(31-13-32-22)12-30-24(35-21)36-5-7-38-8-6-36/h9-13,28-29H,5-8H2,1-4H3,(H,34,37)(H,31,32,33)/b19-11+,28-18?. The molecule has 13 heteroatoms. The number of fused-ring (bicyclic) bond motifs is 1. The first-order valence-electron chi connectivity index (χ1n) is 11.9. The van der Waals surface area contributed by atoms with Gasteiger partial charge < -0.3 is 31.0 Å². The summed E-state index contributed by atoms with van der Waals surface area (Å²) in [5.41, 5.74) is 1.51. The van der Waals surface area contributed by atoms with E-state index in [1.807, 2.05) is 25.7 Å². The maximum absolute atomic E-state index is 13.2. The highest BCUT2D eigenvalue weighted by Crippen LogP contribution is 2.33. The van der Waals surface area contributed by atoms with E-state index in [1.165, 1.54) is 12.4 Å². The molecule has 0 saturated carbocycles. The summed E-state index contributed by atoms with van der Waals surface area (Å²) in [6.07, 6.45) is 4.59. The largest absolute Gasteiger partial charge is 0.378 e. The van der Waals surface area contributed by atoms with Crippen molar-refractivity contribution < 1.29 is 9.53 Å². The van der Waals surface area contributed by atoms with E-state index in [0.717, 1.165) is 0 Å². The lowest BCUT2D eigenvalue weighted by atomic mass is 9.90. The predicted molar refractivity (Wildman–Crippen MR) is 150 cm³/mol. The van der Waals surface area contributed by atoms with Crippen molar-refractivity contribution in [1.82, 2.24) is 30.6 Å². The summed E-state index contributed by atoms with van der Waals surface area (Å²) >= 11 is 13.0. The van der Waals surface area contributed by atoms with Gasteiger partial charge in [-0.05, 0) is 18.2 Å². The van der Waals surface area contributed by atoms with Crippen LogP contribution in [0.4, 0.5) is 17.5 Å². The number of ether oxygens (including phenoxy) is 1. The fraction of sp³-hybridized carbons (Fsp3) is 0.360. The third kappa shape index (κ3) is 6.29. The first-order chi connectivity index (χ1) is 18.1. The van der Waals surface area contributed by atoms with E-state index in [9.17, 15) is 4.79 Å². The topological polar surface area (TPSA) is 141 Å². The third-order valence-electron chi connectivity index (χ3n) is 5.81. The number of hydrogen-bond donors (Lipinski definition) is 4. The van der Waals surface area contributed by atoms with Gasteiger partial charge in [0.1, 0.15) is 23.2 Å². The van der Waals surface area contributed by atoms with E-state index in [0.29, 0.717) is 71.3 Å². The molecule has 200 valence electrons. The van der Waals surface area contributed by atoms with Crippen molar-refractivity contribution in [1.29, 1.82) is 5.41 Å². The van der Waals surface area contributed by atoms with Gasteiger partial charge in [-0.3, -0.25) is 4.79 Å². The number of allylic oxidation sites excluding steroid dienone is 1. The first kappa shape index (κ1) is 27.5. The summed E-state index contributed by atoms with van der Waals surface area (Å²) in [4.78, 5) is 32.9. The van der Waals surface area contributed by atoms with Crippen molar-refractivity contribution in [3.8, 4) is 0 Å². The number of carbonyl (C=O) groups excluding carboxylic acids is 1. The quantitative estimate of drug-likeness (QED) is 0.315. The summed E-state index contributed by atoms with van der Waals surface area (Å²) < 4.78 is 5.42. The third-order valence-corrected chi connectivity index (χ3v) is 6.43. The Labute approximate surface area is 230 Å². The van der Waals surface area contributed by atoms with Crippen LogP contribution < -0.4 is 20.9 Å². The van der Waals surface area contributed by atoms with Crippen molar-refractivity contribution in [2.75, 3.05) is 43.6 Å². The average Bonchev–Trinajstić information content (AvgIpc) is 2.89. The molecule has 11 nitrogen and oxygen atoms in total. The molecule has 1 aromatic carbocycles. The Kier molecular flexibility index (Phi) is 8.29. The molecule has 3 heterocycles. The molecule has 0 spiro atoms. The van der Waals surface area contributed by atoms with Gasteiger partial charge in [0.25, 0.3) is 5.91 Å². The number of carbonyl (C=O) groups is 1. The molecule has 0 bridgehead atoms. The highest BCUT2D eigenvalue weighted by atomic mass is 35.5. The van der Waals surface area contributed by atoms with Gasteiger partial charge in [-0.15, -0.1) is 0 Å². The van der Waals surface area contributed by atoms with Crippen LogP contribution in [0.3, 0.4) is 0 Å². The van der Waals surface area contributed by atoms with Crippen molar-refractivity contribution in [3.63, 3.8) is 0 Å². The lowest BCUT2D eigenvalue weighted by molar-refractivity contribution is 0.0964. The molecule has 0 aliphatic carbocycles. The number of morpholine rings is 1. The van der Waals surface area contributed by atoms with Crippen molar-refractivity contribution in [2.24, 2.45) is 5.41 Å². The smallest absolute Gasteiger partial charge is 0.258 e. The maximum atomic E-state index is 13.2. The molecule has 1 amide bonds. The molecular formula is C25H29Cl2N9O2. The van der Waals surface area contributed by atoms with Gasteiger partial charge >= 0.3 is 0 Å². The number of benzene rings is 1. The van der Waals surface area contributed by atoms with E-state index in [2.05, 4.69) is 35.9 Å². The monoisotopic (exact) mass is 557 g/mol. The highest BCUT2D eigenvalue weighted by Gasteiger charge is 2.21. The lowest BCUT2D eigenvalue weighted by Crippen LogP contribution is -2.37. The predicted octanol–water partition coefficient (Wildman–Crippen LogP) is 4.16. The Bertz CT molecular complexity index is 1400. The van der Waals surface area contributed by atoms with Crippen LogP contribution in [0.1, 0.15) is 31.1 Å². The van der Waals surface area contributed by atoms with Gasteiger partial charge in [0.2, 0.25) is 5.95 Å². The molecular weight excluding hydrogens is 529 g/mol. The van der Waals surface area contributed by atoms with E-state index in [1.54, 1.807) is 25.4 Å². The number of anilines is 3. The second-order valence-electron chi connectivity index (χ2n) is 9.59. The zero-order chi connectivity index (χ0) is 27.4. The molecule has 1 fully saturated rings. The molecule has 1 aliphatic heterocycles. The van der Waals surface area contributed by atoms with Crippen LogP contribution in [-0.4, -0.2) is 64.9 Å². The van der Waals surface area contributed by atoms with E-state index >= 15 is 0 Å². The van der Waals surface area contributed by atoms with Gasteiger partial charge in [-0.2, -0.15) is 0 Å². The van der Waals surface area contributed by atoms with Crippen LogP contribution in [0.25, 0.3) is 11.0 Å². The molecule has 1 saturated heterocycles. The van der Waals surface area contributed by atoms with Crippen LogP contribution >= 0.6 is 23.2 Å². The van der Waals surface area contributed by atoms with Crippen LogP contribution in [-0.2, 0) is 4.74 Å². The summed E-state index contributed by atoms with van der Waals surface area (Å²) in [6, 6.07) is 3.08. The molecule has 0 atom stereocenters. The molecule has 3 aromatic rings. The average molecular weight is 558 g/mol. The fourth-order valence-corrected chi connectivity index (χ4v) is 4.01. The summed E-state index contributed by atoms with van der Waals surface area (Å²) in [7, 11) is 1.65. The molecule has 1 aliphatic rings. The maximum Gasteiger partial charge on any atom is 0.258 e. The summed E-state index contributed by atoms with van der Waals surface area (Å²) in [5.74, 6) is 0.793. The number of nitrogens with zero attached hydrogens (tertiary/aromatic N) is 5. The Morgan fingerprint density at radius 1 is 1.16 bits per heavy atom. The number of rotatable bonds is 7. The highest BCUT2D eigenvalue weighted by molar-refractivity contribution is 6.38. The second kappa shape index (κ2) is 11.5. The zero-order valence-electron chi connectivity index (χ0n) is 21.5. The van der Waals surface area contributed by atoms with Crippen molar-refractivity contribution >= 4 is 63.3 Å². The molecule has 38 heavy (non-hydrogen) atoms. The Morgan fingerprint density at radius 2 is 1.89 bits per heavy atom. The number of amides is 1. The minimum atomic E-state index is -0.493. The molecule has 2 aromatic heterocycles. The zero-order valence-corrected chi connectivity index (χ0v) is 23.0. The lowest BCUT2D eigenvalue weighted by Gasteiger charge is -2.26. The minimum absolute atomic E-state index is 0.141. The fourth-order valence-electron chi connectivity index (χ4n) is 3.55. The van der Waals surface area contributed by atoms with E-state index in [-0.39, 0.29) is 16.0 Å². The van der Waals surface area contributed by atoms with Crippen molar-refractivity contribution in [3.05, 3.63) is 52.2 Å². The number of halogens is 2. The second-order valence-corrected chi connectivity index (χ2v) is 10.4. The van der Waals surface area contributed by atoms with Gasteiger partial charge in [0.15, 0.2) is 5.82 Å². The van der Waals surface area contributed by atoms with E-state index in [4.69, 9.17) is 33.3 Å². The SMILES string of the molecule is CN/C(=C\C(=N)C(C)(C)C)NC(=O)c1cc(Cl)cc(Nc2ncnc3cnc(N4CCOCC4)nc23)c1Cl.